The molecule has 0 heterocycles. The molecule has 0 aliphatic rings. The molecule has 0 saturated heterocycles. The molecule has 0 unspecified atom stereocenters. The Morgan fingerprint density at radius 3 is 2.71 bits per heavy atom. The zero-order chi connectivity index (χ0) is 10.6. The molecule has 1 rings (SSSR count). The Kier molecular flexibility index (Phi) is 3.32. The smallest absolute Gasteiger partial charge is 0.299 e. The summed E-state index contributed by atoms with van der Waals surface area (Å²) >= 11 is 0. The quantitative estimate of drug-likeness (QED) is 0.691. The summed E-state index contributed by atoms with van der Waals surface area (Å²) in [5.41, 5.74) is 0.325. The van der Waals surface area contributed by atoms with Crippen LogP contribution in [0, 0.1) is 0 Å². The van der Waals surface area contributed by atoms with Gasteiger partial charge >= 0.3 is 0 Å². The first kappa shape index (κ1) is 10.8. The lowest BCUT2D eigenvalue weighted by Crippen LogP contribution is -2.29. The van der Waals surface area contributed by atoms with E-state index in [0.717, 1.165) is 0 Å². The second-order valence-electron chi connectivity index (χ2n) is 2.65. The van der Waals surface area contributed by atoms with Gasteiger partial charge in [0.1, 0.15) is 5.75 Å². The van der Waals surface area contributed by atoms with E-state index in [9.17, 15) is 8.42 Å². The third-order valence-corrected chi connectivity index (χ3v) is 2.61. The van der Waals surface area contributed by atoms with Crippen molar-refractivity contribution < 1.29 is 13.5 Å². The van der Waals surface area contributed by atoms with Crippen molar-refractivity contribution in [1.29, 1.82) is 0 Å². The third-order valence-electron chi connectivity index (χ3n) is 1.43. The van der Waals surface area contributed by atoms with Crippen LogP contribution in [0.15, 0.2) is 24.3 Å². The summed E-state index contributed by atoms with van der Waals surface area (Å²) in [5.74, 6) is 0.0155. The summed E-state index contributed by atoms with van der Waals surface area (Å²) in [4.78, 5) is 0. The normalized spacial score (nSPS) is 11.2. The Morgan fingerprint density at radius 1 is 1.43 bits per heavy atom. The van der Waals surface area contributed by atoms with E-state index < -0.39 is 10.2 Å². The molecule has 0 atom stereocenters. The molecule has 1 aromatic carbocycles. The number of hydrogen-bond acceptors (Lipinski definition) is 3. The predicted molar refractivity (Wildman–Crippen MR) is 54.3 cm³/mol. The van der Waals surface area contributed by atoms with Gasteiger partial charge in [-0.15, -0.1) is 0 Å². The van der Waals surface area contributed by atoms with Crippen molar-refractivity contribution in [3.8, 4) is 5.75 Å². The minimum absolute atomic E-state index is 0.0155. The van der Waals surface area contributed by atoms with Crippen LogP contribution in [-0.4, -0.2) is 20.1 Å². The molecule has 0 saturated carbocycles. The number of aromatic hydroxyl groups is 1. The summed E-state index contributed by atoms with van der Waals surface area (Å²) in [6.45, 7) is 2.00. The van der Waals surface area contributed by atoms with Gasteiger partial charge in [0.05, 0.1) is 5.69 Å². The number of phenolic OH excluding ortho intramolecular Hbond substituents is 1. The standard InChI is InChI=1S/C8H12N2O3S/c1-2-9-14(12,13)10-7-4-3-5-8(11)6-7/h3-6,9-11H,2H2,1H3. The predicted octanol–water partition coefficient (Wildman–Crippen LogP) is 0.658. The molecular formula is C8H12N2O3S. The van der Waals surface area contributed by atoms with Crippen molar-refractivity contribution in [3.63, 3.8) is 0 Å². The average Bonchev–Trinajstić information content (AvgIpc) is 2.02. The van der Waals surface area contributed by atoms with E-state index in [1.807, 2.05) is 0 Å². The number of anilines is 1. The minimum Gasteiger partial charge on any atom is -0.508 e. The first-order valence-corrected chi connectivity index (χ1v) is 5.58. The molecule has 0 fully saturated rings. The SMILES string of the molecule is CCNS(=O)(=O)Nc1cccc(O)c1. The van der Waals surface area contributed by atoms with Gasteiger partial charge < -0.3 is 5.11 Å². The number of hydrogen-bond donors (Lipinski definition) is 3. The van der Waals surface area contributed by atoms with E-state index in [4.69, 9.17) is 5.11 Å². The molecule has 0 bridgehead atoms. The van der Waals surface area contributed by atoms with E-state index in [0.29, 0.717) is 12.2 Å². The van der Waals surface area contributed by atoms with E-state index in [-0.39, 0.29) is 5.75 Å². The van der Waals surface area contributed by atoms with Gasteiger partial charge in [-0.25, -0.2) is 0 Å². The van der Waals surface area contributed by atoms with Gasteiger partial charge in [-0.1, -0.05) is 13.0 Å². The summed E-state index contributed by atoms with van der Waals surface area (Å²) in [6.07, 6.45) is 0. The molecule has 0 spiro atoms. The Bertz CT molecular complexity index is 403. The molecule has 14 heavy (non-hydrogen) atoms. The molecular weight excluding hydrogens is 204 g/mol. The highest BCUT2D eigenvalue weighted by Gasteiger charge is 2.07. The fourth-order valence-corrected chi connectivity index (χ4v) is 1.84. The van der Waals surface area contributed by atoms with Crippen LogP contribution < -0.4 is 9.44 Å². The average molecular weight is 216 g/mol. The zero-order valence-electron chi connectivity index (χ0n) is 7.69. The van der Waals surface area contributed by atoms with Crippen molar-refractivity contribution in [2.45, 2.75) is 6.92 Å². The first-order chi connectivity index (χ1) is 6.53. The molecule has 0 radical (unpaired) electrons. The lowest BCUT2D eigenvalue weighted by atomic mass is 10.3. The molecule has 0 aromatic heterocycles. The van der Waals surface area contributed by atoms with Gasteiger partial charge in [0, 0.05) is 12.6 Å². The lowest BCUT2D eigenvalue weighted by Gasteiger charge is -2.07. The number of nitrogens with one attached hydrogen (secondary N) is 2. The largest absolute Gasteiger partial charge is 0.508 e. The molecule has 1 aromatic rings. The van der Waals surface area contributed by atoms with Gasteiger partial charge in [-0.05, 0) is 12.1 Å². The van der Waals surface area contributed by atoms with Crippen LogP contribution in [0.25, 0.3) is 0 Å². The van der Waals surface area contributed by atoms with E-state index in [1.54, 1.807) is 19.1 Å². The van der Waals surface area contributed by atoms with Crippen LogP contribution in [0.4, 0.5) is 5.69 Å². The van der Waals surface area contributed by atoms with Gasteiger partial charge in [0.15, 0.2) is 0 Å². The molecule has 0 aliphatic heterocycles. The summed E-state index contributed by atoms with van der Waals surface area (Å²) in [5, 5.41) is 9.08. The van der Waals surface area contributed by atoms with E-state index >= 15 is 0 Å². The van der Waals surface area contributed by atoms with Gasteiger partial charge in [-0.2, -0.15) is 13.1 Å². The van der Waals surface area contributed by atoms with Crippen LogP contribution in [0.5, 0.6) is 5.75 Å². The second-order valence-corrected chi connectivity index (χ2v) is 4.15. The fourth-order valence-electron chi connectivity index (χ4n) is 0.951. The topological polar surface area (TPSA) is 78.4 Å². The first-order valence-electron chi connectivity index (χ1n) is 4.10. The van der Waals surface area contributed by atoms with Gasteiger partial charge in [0.2, 0.25) is 0 Å². The Morgan fingerprint density at radius 2 is 2.14 bits per heavy atom. The maximum absolute atomic E-state index is 11.2. The van der Waals surface area contributed by atoms with Gasteiger partial charge in [0.25, 0.3) is 10.2 Å². The molecule has 0 aliphatic carbocycles. The maximum Gasteiger partial charge on any atom is 0.299 e. The number of phenols is 1. The highest BCUT2D eigenvalue weighted by molar-refractivity contribution is 7.90. The highest BCUT2D eigenvalue weighted by Crippen LogP contribution is 2.15. The molecule has 6 heteroatoms. The van der Waals surface area contributed by atoms with Crippen LogP contribution in [0.1, 0.15) is 6.92 Å². The van der Waals surface area contributed by atoms with Crippen molar-refractivity contribution in [1.82, 2.24) is 4.72 Å². The van der Waals surface area contributed by atoms with Crippen molar-refractivity contribution in [3.05, 3.63) is 24.3 Å². The highest BCUT2D eigenvalue weighted by atomic mass is 32.2. The van der Waals surface area contributed by atoms with Crippen LogP contribution in [0.3, 0.4) is 0 Å². The zero-order valence-corrected chi connectivity index (χ0v) is 8.50. The van der Waals surface area contributed by atoms with Crippen LogP contribution in [-0.2, 0) is 10.2 Å². The van der Waals surface area contributed by atoms with E-state index in [1.165, 1.54) is 12.1 Å². The summed E-state index contributed by atoms with van der Waals surface area (Å²) < 4.78 is 26.9. The van der Waals surface area contributed by atoms with Crippen LogP contribution >= 0.6 is 0 Å². The maximum atomic E-state index is 11.2. The van der Waals surface area contributed by atoms with Crippen LogP contribution in [0.2, 0.25) is 0 Å². The molecule has 78 valence electrons. The van der Waals surface area contributed by atoms with Crippen molar-refractivity contribution in [2.24, 2.45) is 0 Å². The second kappa shape index (κ2) is 4.30. The Hall–Kier alpha value is -1.27. The minimum atomic E-state index is -3.51. The Labute approximate surface area is 83.0 Å². The fraction of sp³-hybridized carbons (Fsp3) is 0.250. The molecule has 5 nitrogen and oxygen atoms in total. The summed E-state index contributed by atoms with van der Waals surface area (Å²) in [6, 6.07) is 5.90. The van der Waals surface area contributed by atoms with E-state index in [2.05, 4.69) is 9.44 Å². The summed E-state index contributed by atoms with van der Waals surface area (Å²) in [7, 11) is -3.51. The Balaban J connectivity index is 2.79. The van der Waals surface area contributed by atoms with Gasteiger partial charge in [-0.3, -0.25) is 4.72 Å². The van der Waals surface area contributed by atoms with Crippen molar-refractivity contribution in [2.75, 3.05) is 11.3 Å². The number of rotatable bonds is 4. The molecule has 3 N–H and O–H groups in total. The monoisotopic (exact) mass is 216 g/mol. The third kappa shape index (κ3) is 3.23. The lowest BCUT2D eigenvalue weighted by molar-refractivity contribution is 0.475. The number of benzene rings is 1. The van der Waals surface area contributed by atoms with Crippen molar-refractivity contribution >= 4 is 15.9 Å². The molecule has 0 amide bonds.